The Balaban J connectivity index is 1.66. The Hall–Kier alpha value is -0.900. The zero-order chi connectivity index (χ0) is 12.6. The van der Waals surface area contributed by atoms with E-state index in [2.05, 4.69) is 42.7 Å². The number of hydrogen-bond acceptors (Lipinski definition) is 3. The molecule has 3 heteroatoms. The largest absolute Gasteiger partial charge is 0.377 e. The first-order valence-corrected chi connectivity index (χ1v) is 6.85. The van der Waals surface area contributed by atoms with E-state index in [0.717, 1.165) is 32.7 Å². The monoisotopic (exact) mass is 246 g/mol. The van der Waals surface area contributed by atoms with Gasteiger partial charge in [-0.05, 0) is 37.0 Å². The predicted octanol–water partition coefficient (Wildman–Crippen LogP) is 1.95. The first-order chi connectivity index (χ1) is 8.67. The molecule has 2 heterocycles. The molecule has 0 spiro atoms. The van der Waals surface area contributed by atoms with Gasteiger partial charge >= 0.3 is 0 Å². The van der Waals surface area contributed by atoms with Gasteiger partial charge in [0.2, 0.25) is 0 Å². The number of nitrogens with one attached hydrogen (secondary N) is 2. The molecule has 1 aromatic rings. The summed E-state index contributed by atoms with van der Waals surface area (Å²) in [4.78, 5) is 0. The van der Waals surface area contributed by atoms with Gasteiger partial charge in [0.15, 0.2) is 0 Å². The third-order valence-corrected chi connectivity index (χ3v) is 4.48. The third kappa shape index (κ3) is 2.18. The van der Waals surface area contributed by atoms with Crippen molar-refractivity contribution < 1.29 is 4.74 Å². The molecule has 2 N–H and O–H groups in total. The quantitative estimate of drug-likeness (QED) is 0.855. The lowest BCUT2D eigenvalue weighted by Crippen LogP contribution is -2.47. The summed E-state index contributed by atoms with van der Waals surface area (Å²) in [6.07, 6.45) is 1.40. The highest BCUT2D eigenvalue weighted by Crippen LogP contribution is 2.26. The summed E-state index contributed by atoms with van der Waals surface area (Å²) in [5, 5.41) is 7.06. The van der Waals surface area contributed by atoms with Crippen LogP contribution in [0.4, 0.5) is 0 Å². The maximum atomic E-state index is 5.66. The van der Waals surface area contributed by atoms with Gasteiger partial charge in [-0.1, -0.05) is 18.2 Å². The van der Waals surface area contributed by atoms with Gasteiger partial charge in [0.25, 0.3) is 0 Å². The van der Waals surface area contributed by atoms with E-state index in [4.69, 9.17) is 4.74 Å². The van der Waals surface area contributed by atoms with Gasteiger partial charge < -0.3 is 15.4 Å². The van der Waals surface area contributed by atoms with Crippen LogP contribution in [-0.4, -0.2) is 18.2 Å². The average Bonchev–Trinajstić information content (AvgIpc) is 2.95. The summed E-state index contributed by atoms with van der Waals surface area (Å²) in [7, 11) is 0. The van der Waals surface area contributed by atoms with Crippen LogP contribution in [0, 0.1) is 0 Å². The lowest BCUT2D eigenvalue weighted by atomic mass is 9.94. The molecule has 0 amide bonds. The molecule has 2 unspecified atom stereocenters. The van der Waals surface area contributed by atoms with Gasteiger partial charge in [-0.3, -0.25) is 0 Å². The molecule has 18 heavy (non-hydrogen) atoms. The number of ether oxygens (including phenoxy) is 1. The van der Waals surface area contributed by atoms with E-state index in [1.54, 1.807) is 0 Å². The Morgan fingerprint density at radius 3 is 3.00 bits per heavy atom. The second-order valence-corrected chi connectivity index (χ2v) is 5.74. The lowest BCUT2D eigenvalue weighted by Gasteiger charge is -2.29. The second-order valence-electron chi connectivity index (χ2n) is 5.74. The minimum absolute atomic E-state index is 0.122. The van der Waals surface area contributed by atoms with Crippen molar-refractivity contribution in [1.82, 2.24) is 10.6 Å². The highest BCUT2D eigenvalue weighted by atomic mass is 16.5. The summed E-state index contributed by atoms with van der Waals surface area (Å²) in [5.41, 5.74) is 4.40. The van der Waals surface area contributed by atoms with Crippen molar-refractivity contribution in [3.63, 3.8) is 0 Å². The fourth-order valence-electron chi connectivity index (χ4n) is 2.83. The summed E-state index contributed by atoms with van der Waals surface area (Å²) in [6.45, 7) is 8.26. The zero-order valence-electron chi connectivity index (χ0n) is 11.3. The predicted molar refractivity (Wildman–Crippen MR) is 72.3 cm³/mol. The second kappa shape index (κ2) is 4.65. The molecule has 0 aliphatic carbocycles. The molecule has 1 fully saturated rings. The maximum absolute atomic E-state index is 5.66. The standard InChI is InChI=1S/C15H22N2O/c1-11-15(2,5-6-18-11)17-8-12-3-4-13-9-16-10-14(13)7-12/h3-4,7,11,16-17H,5-6,8-10H2,1-2H3. The first kappa shape index (κ1) is 12.2. The van der Waals surface area contributed by atoms with E-state index in [-0.39, 0.29) is 5.54 Å². The van der Waals surface area contributed by atoms with Gasteiger partial charge in [0.1, 0.15) is 0 Å². The zero-order valence-corrected chi connectivity index (χ0v) is 11.3. The van der Waals surface area contributed by atoms with Crippen molar-refractivity contribution >= 4 is 0 Å². The van der Waals surface area contributed by atoms with E-state index < -0.39 is 0 Å². The van der Waals surface area contributed by atoms with Gasteiger partial charge in [0.05, 0.1) is 6.10 Å². The van der Waals surface area contributed by atoms with Crippen LogP contribution in [0.15, 0.2) is 18.2 Å². The molecule has 2 atom stereocenters. The van der Waals surface area contributed by atoms with Crippen LogP contribution in [0.5, 0.6) is 0 Å². The Morgan fingerprint density at radius 2 is 2.22 bits per heavy atom. The number of rotatable bonds is 3. The normalized spacial score (nSPS) is 30.7. The molecule has 3 nitrogen and oxygen atoms in total. The Morgan fingerprint density at radius 1 is 1.39 bits per heavy atom. The summed E-state index contributed by atoms with van der Waals surface area (Å²) in [5.74, 6) is 0. The maximum Gasteiger partial charge on any atom is 0.0726 e. The SMILES string of the molecule is CC1OCCC1(C)NCc1ccc2c(c1)CNC2. The molecule has 0 saturated carbocycles. The summed E-state index contributed by atoms with van der Waals surface area (Å²) >= 11 is 0. The molecule has 1 aromatic carbocycles. The Labute approximate surface area is 109 Å². The molecule has 0 radical (unpaired) electrons. The Bertz CT molecular complexity index is 446. The molecule has 98 valence electrons. The van der Waals surface area contributed by atoms with E-state index in [0.29, 0.717) is 6.10 Å². The fourth-order valence-corrected chi connectivity index (χ4v) is 2.83. The lowest BCUT2D eigenvalue weighted by molar-refractivity contribution is 0.0881. The van der Waals surface area contributed by atoms with Crippen molar-refractivity contribution in [2.24, 2.45) is 0 Å². The van der Waals surface area contributed by atoms with E-state index in [9.17, 15) is 0 Å². The third-order valence-electron chi connectivity index (χ3n) is 4.48. The molecule has 0 aromatic heterocycles. The van der Waals surface area contributed by atoms with Crippen LogP contribution in [0.1, 0.15) is 37.0 Å². The highest BCUT2D eigenvalue weighted by Gasteiger charge is 2.36. The van der Waals surface area contributed by atoms with Crippen molar-refractivity contribution in [3.05, 3.63) is 34.9 Å². The van der Waals surface area contributed by atoms with Crippen LogP contribution in [0.2, 0.25) is 0 Å². The molecule has 3 rings (SSSR count). The van der Waals surface area contributed by atoms with Crippen LogP contribution in [0.25, 0.3) is 0 Å². The first-order valence-electron chi connectivity index (χ1n) is 6.85. The van der Waals surface area contributed by atoms with E-state index in [1.165, 1.54) is 16.7 Å². The average molecular weight is 246 g/mol. The molecule has 2 aliphatic heterocycles. The van der Waals surface area contributed by atoms with Crippen LogP contribution in [0.3, 0.4) is 0 Å². The molecular weight excluding hydrogens is 224 g/mol. The van der Waals surface area contributed by atoms with Crippen LogP contribution in [-0.2, 0) is 24.4 Å². The van der Waals surface area contributed by atoms with Crippen molar-refractivity contribution in [3.8, 4) is 0 Å². The molecule has 0 bridgehead atoms. The molecule has 2 aliphatic rings. The smallest absolute Gasteiger partial charge is 0.0726 e. The van der Waals surface area contributed by atoms with Gasteiger partial charge in [-0.2, -0.15) is 0 Å². The van der Waals surface area contributed by atoms with Crippen LogP contribution >= 0.6 is 0 Å². The van der Waals surface area contributed by atoms with Crippen molar-refractivity contribution in [1.29, 1.82) is 0 Å². The van der Waals surface area contributed by atoms with Gasteiger partial charge in [-0.25, -0.2) is 0 Å². The van der Waals surface area contributed by atoms with E-state index in [1.807, 2.05) is 0 Å². The molecule has 1 saturated heterocycles. The topological polar surface area (TPSA) is 33.3 Å². The van der Waals surface area contributed by atoms with Crippen molar-refractivity contribution in [2.45, 2.75) is 51.5 Å². The Kier molecular flexibility index (Phi) is 3.14. The van der Waals surface area contributed by atoms with Gasteiger partial charge in [-0.15, -0.1) is 0 Å². The molecular formula is C15H22N2O. The summed E-state index contributed by atoms with van der Waals surface area (Å²) in [6, 6.07) is 6.82. The van der Waals surface area contributed by atoms with E-state index >= 15 is 0 Å². The number of hydrogen-bond donors (Lipinski definition) is 2. The highest BCUT2D eigenvalue weighted by molar-refractivity contribution is 5.34. The van der Waals surface area contributed by atoms with Crippen LogP contribution < -0.4 is 10.6 Å². The van der Waals surface area contributed by atoms with Gasteiger partial charge in [0, 0.05) is 31.8 Å². The fraction of sp³-hybridized carbons (Fsp3) is 0.600. The minimum Gasteiger partial charge on any atom is -0.377 e. The number of fused-ring (bicyclic) bond motifs is 1. The summed E-state index contributed by atoms with van der Waals surface area (Å²) < 4.78 is 5.66. The minimum atomic E-state index is 0.122. The van der Waals surface area contributed by atoms with Crippen molar-refractivity contribution in [2.75, 3.05) is 6.61 Å². The number of benzene rings is 1.